The van der Waals surface area contributed by atoms with Crippen molar-refractivity contribution in [2.45, 2.75) is 44.7 Å². The van der Waals surface area contributed by atoms with Crippen LogP contribution in [-0.2, 0) is 4.79 Å². The van der Waals surface area contributed by atoms with Crippen LogP contribution in [0.1, 0.15) is 32.6 Å². The van der Waals surface area contributed by atoms with Crippen LogP contribution in [0.5, 0.6) is 0 Å². The van der Waals surface area contributed by atoms with Crippen LogP contribution < -0.4 is 16.0 Å². The Morgan fingerprint density at radius 1 is 1.24 bits per heavy atom. The van der Waals surface area contributed by atoms with E-state index in [9.17, 15) is 9.59 Å². The van der Waals surface area contributed by atoms with E-state index in [1.165, 1.54) is 0 Å². The second-order valence-electron chi connectivity index (χ2n) is 5.29. The lowest BCUT2D eigenvalue weighted by molar-refractivity contribution is -0.123. The van der Waals surface area contributed by atoms with Crippen molar-refractivity contribution in [2.24, 2.45) is 0 Å². The lowest BCUT2D eigenvalue weighted by Crippen LogP contribution is -2.48. The summed E-state index contributed by atoms with van der Waals surface area (Å²) < 4.78 is 0. The molecule has 114 valence electrons. The van der Waals surface area contributed by atoms with Crippen molar-refractivity contribution in [2.75, 3.05) is 5.32 Å². The molecule has 0 bridgehead atoms. The number of benzene rings is 1. The maximum atomic E-state index is 12.0. The molecule has 1 unspecified atom stereocenters. The smallest absolute Gasteiger partial charge is 0.319 e. The molecule has 5 nitrogen and oxygen atoms in total. The quantitative estimate of drug-likeness (QED) is 0.800. The number of amides is 3. The summed E-state index contributed by atoms with van der Waals surface area (Å²) in [5.74, 6) is -0.156. The number of hydrogen-bond acceptors (Lipinski definition) is 2. The monoisotopic (exact) mass is 309 g/mol. The van der Waals surface area contributed by atoms with Gasteiger partial charge >= 0.3 is 6.03 Å². The molecular formula is C15H20ClN3O2. The van der Waals surface area contributed by atoms with Crippen LogP contribution in [0.25, 0.3) is 0 Å². The van der Waals surface area contributed by atoms with Gasteiger partial charge in [-0.15, -0.1) is 0 Å². The predicted octanol–water partition coefficient (Wildman–Crippen LogP) is 2.91. The van der Waals surface area contributed by atoms with Crippen molar-refractivity contribution in [3.8, 4) is 0 Å². The number of hydrogen-bond donors (Lipinski definition) is 3. The molecule has 1 aromatic rings. The summed E-state index contributed by atoms with van der Waals surface area (Å²) in [4.78, 5) is 23.8. The Morgan fingerprint density at radius 3 is 2.57 bits per heavy atom. The molecule has 1 aromatic carbocycles. The van der Waals surface area contributed by atoms with Crippen LogP contribution in [-0.4, -0.2) is 24.0 Å². The fourth-order valence-electron chi connectivity index (χ4n) is 2.38. The third kappa shape index (κ3) is 4.63. The van der Waals surface area contributed by atoms with Gasteiger partial charge in [0.25, 0.3) is 0 Å². The summed E-state index contributed by atoms with van der Waals surface area (Å²) in [5, 5.41) is 8.64. The Bertz CT molecular complexity index is 515. The lowest BCUT2D eigenvalue weighted by atomic mass is 10.2. The van der Waals surface area contributed by atoms with E-state index in [0.717, 1.165) is 25.7 Å². The first kappa shape index (κ1) is 15.6. The Morgan fingerprint density at radius 2 is 1.90 bits per heavy atom. The van der Waals surface area contributed by atoms with Crippen molar-refractivity contribution in [1.82, 2.24) is 10.6 Å². The van der Waals surface area contributed by atoms with Crippen LogP contribution in [0.2, 0.25) is 5.02 Å². The predicted molar refractivity (Wildman–Crippen MR) is 83.5 cm³/mol. The number of carbonyl (C=O) groups is 2. The van der Waals surface area contributed by atoms with Gasteiger partial charge in [0.05, 0.1) is 10.7 Å². The van der Waals surface area contributed by atoms with E-state index >= 15 is 0 Å². The van der Waals surface area contributed by atoms with Crippen molar-refractivity contribution in [1.29, 1.82) is 0 Å². The molecule has 1 fully saturated rings. The van der Waals surface area contributed by atoms with E-state index in [2.05, 4.69) is 16.0 Å². The molecule has 2 rings (SSSR count). The minimum atomic E-state index is -0.590. The molecule has 3 amide bonds. The number of halogens is 1. The zero-order valence-corrected chi connectivity index (χ0v) is 12.7. The van der Waals surface area contributed by atoms with Crippen LogP contribution in [0.4, 0.5) is 10.5 Å². The van der Waals surface area contributed by atoms with Gasteiger partial charge in [0.1, 0.15) is 6.04 Å². The molecular weight excluding hydrogens is 290 g/mol. The topological polar surface area (TPSA) is 70.2 Å². The normalized spacial score (nSPS) is 16.3. The zero-order valence-electron chi connectivity index (χ0n) is 12.0. The van der Waals surface area contributed by atoms with Gasteiger partial charge in [-0.3, -0.25) is 4.79 Å². The Kier molecular flexibility index (Phi) is 5.44. The zero-order chi connectivity index (χ0) is 15.2. The molecule has 0 saturated heterocycles. The molecule has 6 heteroatoms. The molecule has 0 spiro atoms. The average Bonchev–Trinajstić information content (AvgIpc) is 2.94. The first-order valence-electron chi connectivity index (χ1n) is 7.18. The van der Waals surface area contributed by atoms with Crippen LogP contribution in [0, 0.1) is 0 Å². The van der Waals surface area contributed by atoms with Gasteiger partial charge in [-0.05, 0) is 31.9 Å². The average molecular weight is 310 g/mol. The molecule has 0 aromatic heterocycles. The van der Waals surface area contributed by atoms with Crippen LogP contribution in [0.3, 0.4) is 0 Å². The molecule has 1 saturated carbocycles. The summed E-state index contributed by atoms with van der Waals surface area (Å²) in [7, 11) is 0. The second-order valence-corrected chi connectivity index (χ2v) is 5.70. The van der Waals surface area contributed by atoms with Crippen molar-refractivity contribution >= 4 is 29.2 Å². The summed E-state index contributed by atoms with van der Waals surface area (Å²) in [5.41, 5.74) is 0.514. The minimum Gasteiger partial charge on any atom is -0.352 e. The molecule has 1 aliphatic carbocycles. The third-order valence-corrected chi connectivity index (χ3v) is 3.89. The highest BCUT2D eigenvalue weighted by Crippen LogP contribution is 2.20. The van der Waals surface area contributed by atoms with Gasteiger partial charge in [-0.1, -0.05) is 36.6 Å². The Hall–Kier alpha value is -1.75. The second kappa shape index (κ2) is 7.31. The highest BCUT2D eigenvalue weighted by Gasteiger charge is 2.21. The van der Waals surface area contributed by atoms with Gasteiger partial charge in [-0.2, -0.15) is 0 Å². The van der Waals surface area contributed by atoms with Gasteiger partial charge in [0.15, 0.2) is 0 Å². The van der Waals surface area contributed by atoms with E-state index < -0.39 is 12.1 Å². The Balaban J connectivity index is 1.81. The number of para-hydroxylation sites is 1. The molecule has 21 heavy (non-hydrogen) atoms. The molecule has 1 aliphatic rings. The van der Waals surface area contributed by atoms with E-state index in [1.807, 2.05) is 0 Å². The molecule has 0 aliphatic heterocycles. The summed E-state index contributed by atoms with van der Waals surface area (Å²) >= 11 is 5.96. The first-order valence-corrected chi connectivity index (χ1v) is 7.56. The van der Waals surface area contributed by atoms with Crippen molar-refractivity contribution in [3.63, 3.8) is 0 Å². The first-order chi connectivity index (χ1) is 10.1. The number of carbonyl (C=O) groups excluding carboxylic acids is 2. The van der Waals surface area contributed by atoms with E-state index in [1.54, 1.807) is 31.2 Å². The van der Waals surface area contributed by atoms with Crippen molar-refractivity contribution < 1.29 is 9.59 Å². The van der Waals surface area contributed by atoms with Gasteiger partial charge < -0.3 is 16.0 Å². The number of rotatable bonds is 4. The van der Waals surface area contributed by atoms with Gasteiger partial charge in [0, 0.05) is 6.04 Å². The maximum Gasteiger partial charge on any atom is 0.319 e. The van der Waals surface area contributed by atoms with Crippen molar-refractivity contribution in [3.05, 3.63) is 29.3 Å². The Labute approximate surface area is 129 Å². The third-order valence-electron chi connectivity index (χ3n) is 3.56. The number of nitrogens with one attached hydrogen (secondary N) is 3. The summed E-state index contributed by atoms with van der Waals surface area (Å²) in [6, 6.07) is 6.15. The standard InChI is InChI=1S/C15H20ClN3O2/c1-10(14(20)18-11-6-2-3-7-11)17-15(21)19-13-9-5-4-8-12(13)16/h4-5,8-11H,2-3,6-7H2,1H3,(H,18,20)(H2,17,19,21). The molecule has 0 heterocycles. The number of anilines is 1. The largest absolute Gasteiger partial charge is 0.352 e. The summed E-state index contributed by atoms with van der Waals surface area (Å²) in [6.45, 7) is 1.66. The molecule has 0 radical (unpaired) electrons. The fourth-order valence-corrected chi connectivity index (χ4v) is 2.56. The van der Waals surface area contributed by atoms with E-state index in [4.69, 9.17) is 11.6 Å². The molecule has 3 N–H and O–H groups in total. The van der Waals surface area contributed by atoms with E-state index in [0.29, 0.717) is 10.7 Å². The van der Waals surface area contributed by atoms with Crippen LogP contribution >= 0.6 is 11.6 Å². The van der Waals surface area contributed by atoms with Crippen LogP contribution in [0.15, 0.2) is 24.3 Å². The minimum absolute atomic E-state index is 0.156. The highest BCUT2D eigenvalue weighted by molar-refractivity contribution is 6.33. The number of urea groups is 1. The summed E-state index contributed by atoms with van der Waals surface area (Å²) in [6.07, 6.45) is 4.34. The highest BCUT2D eigenvalue weighted by atomic mass is 35.5. The van der Waals surface area contributed by atoms with E-state index in [-0.39, 0.29) is 11.9 Å². The lowest BCUT2D eigenvalue weighted by Gasteiger charge is -2.18. The molecule has 1 atom stereocenters. The van der Waals surface area contributed by atoms with Gasteiger partial charge in [0.2, 0.25) is 5.91 Å². The maximum absolute atomic E-state index is 12.0. The fraction of sp³-hybridized carbons (Fsp3) is 0.467. The van der Waals surface area contributed by atoms with Gasteiger partial charge in [-0.25, -0.2) is 4.79 Å². The SMILES string of the molecule is CC(NC(=O)Nc1ccccc1Cl)C(=O)NC1CCCC1.